The number of nitrogens with zero attached hydrogens (tertiary/aromatic N) is 2. The van der Waals surface area contributed by atoms with Crippen LogP contribution in [0.5, 0.6) is 0 Å². The SMILES string of the molecule is CCOP(=O)(COCCn1c(COC(N)=O)nc(C(C)C)c1Sc1cc(Cl)cc(Cl)c1)OCC. The predicted octanol–water partition coefficient (Wildman–Crippen LogP) is 6.30. The molecule has 1 amide bonds. The molecule has 0 spiro atoms. The number of aromatic nitrogens is 2. The summed E-state index contributed by atoms with van der Waals surface area (Å²) in [5.41, 5.74) is 5.97. The summed E-state index contributed by atoms with van der Waals surface area (Å²) in [6.07, 6.45) is -1.08. The van der Waals surface area contributed by atoms with Crippen molar-refractivity contribution in [1.29, 1.82) is 0 Å². The van der Waals surface area contributed by atoms with Gasteiger partial charge in [0.2, 0.25) is 0 Å². The van der Waals surface area contributed by atoms with Crippen LogP contribution in [0.1, 0.15) is 45.1 Å². The van der Waals surface area contributed by atoms with Gasteiger partial charge in [-0.2, -0.15) is 0 Å². The first kappa shape index (κ1) is 29.0. The van der Waals surface area contributed by atoms with Crippen LogP contribution >= 0.6 is 42.6 Å². The fourth-order valence-electron chi connectivity index (χ4n) is 3.00. The van der Waals surface area contributed by atoms with Crippen molar-refractivity contribution in [2.45, 2.75) is 56.7 Å². The molecular weight excluding hydrogens is 524 g/mol. The van der Waals surface area contributed by atoms with Crippen molar-refractivity contribution in [2.24, 2.45) is 5.73 Å². The van der Waals surface area contributed by atoms with E-state index in [9.17, 15) is 9.36 Å². The number of primary amides is 1. The molecule has 0 aliphatic rings. The lowest BCUT2D eigenvalue weighted by atomic mass is 10.1. The summed E-state index contributed by atoms with van der Waals surface area (Å²) in [6, 6.07) is 5.26. The lowest BCUT2D eigenvalue weighted by Gasteiger charge is -2.18. The maximum Gasteiger partial charge on any atom is 0.404 e. The summed E-state index contributed by atoms with van der Waals surface area (Å²) >= 11 is 13.8. The number of carbonyl (C=O) groups excluding carboxylic acids is 1. The second-order valence-electron chi connectivity index (χ2n) is 7.32. The first-order chi connectivity index (χ1) is 16.1. The van der Waals surface area contributed by atoms with Gasteiger partial charge in [0.05, 0.1) is 25.5 Å². The Kier molecular flexibility index (Phi) is 11.7. The molecule has 0 atom stereocenters. The Morgan fingerprint density at radius 2 is 1.79 bits per heavy atom. The summed E-state index contributed by atoms with van der Waals surface area (Å²) in [5.74, 6) is 0.572. The molecule has 0 aliphatic heterocycles. The molecule has 0 aliphatic carbocycles. The van der Waals surface area contributed by atoms with E-state index in [2.05, 4.69) is 0 Å². The topological polar surface area (TPSA) is 115 Å². The summed E-state index contributed by atoms with van der Waals surface area (Å²) in [5, 5.41) is 1.84. The Bertz CT molecular complexity index is 990. The molecule has 1 aromatic carbocycles. The number of amides is 1. The van der Waals surface area contributed by atoms with Gasteiger partial charge in [-0.1, -0.05) is 48.8 Å². The van der Waals surface area contributed by atoms with E-state index in [0.29, 0.717) is 22.4 Å². The van der Waals surface area contributed by atoms with Crippen molar-refractivity contribution in [3.05, 3.63) is 39.8 Å². The van der Waals surface area contributed by atoms with Crippen LogP contribution in [-0.4, -0.2) is 41.8 Å². The number of carbonyl (C=O) groups is 1. The first-order valence-corrected chi connectivity index (χ1v) is 14.0. The van der Waals surface area contributed by atoms with E-state index in [0.717, 1.165) is 15.6 Å². The van der Waals surface area contributed by atoms with Gasteiger partial charge in [0, 0.05) is 21.5 Å². The molecule has 190 valence electrons. The van der Waals surface area contributed by atoms with Crippen molar-refractivity contribution >= 4 is 48.7 Å². The Balaban J connectivity index is 2.31. The van der Waals surface area contributed by atoms with Gasteiger partial charge in [-0.15, -0.1) is 0 Å². The Labute approximate surface area is 214 Å². The van der Waals surface area contributed by atoms with Crippen molar-refractivity contribution in [2.75, 3.05) is 26.2 Å². The van der Waals surface area contributed by atoms with Gasteiger partial charge >= 0.3 is 13.7 Å². The number of halogens is 2. The van der Waals surface area contributed by atoms with Crippen molar-refractivity contribution in [3.63, 3.8) is 0 Å². The molecule has 0 bridgehead atoms. The minimum absolute atomic E-state index is 0.0720. The number of imidazole rings is 1. The third-order valence-electron chi connectivity index (χ3n) is 4.33. The van der Waals surface area contributed by atoms with Crippen LogP contribution in [0.2, 0.25) is 10.0 Å². The summed E-state index contributed by atoms with van der Waals surface area (Å²) in [4.78, 5) is 16.7. The van der Waals surface area contributed by atoms with E-state index in [1.165, 1.54) is 11.8 Å². The normalized spacial score (nSPS) is 11.9. The number of nitrogens with two attached hydrogens (primary N) is 1. The molecule has 13 heteroatoms. The Hall–Kier alpha value is -1.26. The number of rotatable bonds is 14. The predicted molar refractivity (Wildman–Crippen MR) is 133 cm³/mol. The highest BCUT2D eigenvalue weighted by atomic mass is 35.5. The molecule has 2 N–H and O–H groups in total. The molecule has 2 rings (SSSR count). The monoisotopic (exact) mass is 553 g/mol. The van der Waals surface area contributed by atoms with Crippen LogP contribution in [0, 0.1) is 0 Å². The van der Waals surface area contributed by atoms with E-state index < -0.39 is 13.7 Å². The van der Waals surface area contributed by atoms with Crippen molar-refractivity contribution < 1.29 is 27.9 Å². The molecule has 0 radical (unpaired) electrons. The summed E-state index contributed by atoms with van der Waals surface area (Å²) in [6.45, 7) is 8.41. The van der Waals surface area contributed by atoms with E-state index >= 15 is 0 Å². The van der Waals surface area contributed by atoms with Gasteiger partial charge in [-0.3, -0.25) is 4.57 Å². The zero-order chi connectivity index (χ0) is 25.3. The van der Waals surface area contributed by atoms with Gasteiger partial charge in [-0.05, 0) is 38.0 Å². The zero-order valence-electron chi connectivity index (χ0n) is 19.6. The number of hydrogen-bond acceptors (Lipinski definition) is 8. The number of ether oxygens (including phenoxy) is 2. The van der Waals surface area contributed by atoms with E-state index in [1.807, 2.05) is 18.4 Å². The molecule has 34 heavy (non-hydrogen) atoms. The Morgan fingerprint density at radius 3 is 2.32 bits per heavy atom. The maximum absolute atomic E-state index is 12.6. The first-order valence-electron chi connectivity index (χ1n) is 10.7. The Morgan fingerprint density at radius 1 is 1.18 bits per heavy atom. The van der Waals surface area contributed by atoms with Crippen LogP contribution in [0.25, 0.3) is 0 Å². The molecular formula is C21H30Cl2N3O6PS. The lowest BCUT2D eigenvalue weighted by Crippen LogP contribution is -2.17. The number of hydrogen-bond donors (Lipinski definition) is 1. The fourth-order valence-corrected chi connectivity index (χ4v) is 6.31. The molecule has 1 aromatic heterocycles. The van der Waals surface area contributed by atoms with E-state index in [-0.39, 0.29) is 38.7 Å². The molecule has 0 fully saturated rings. The quantitative estimate of drug-likeness (QED) is 0.214. The second-order valence-corrected chi connectivity index (χ2v) is 11.3. The zero-order valence-corrected chi connectivity index (χ0v) is 22.8. The minimum Gasteiger partial charge on any atom is -0.442 e. The number of benzene rings is 1. The van der Waals surface area contributed by atoms with Gasteiger partial charge < -0.3 is 28.8 Å². The van der Waals surface area contributed by atoms with Gasteiger partial charge in [0.25, 0.3) is 0 Å². The highest BCUT2D eigenvalue weighted by Gasteiger charge is 2.25. The molecule has 2 aromatic rings. The average molecular weight is 554 g/mol. The molecule has 0 saturated heterocycles. The summed E-state index contributed by atoms with van der Waals surface area (Å²) in [7, 11) is -3.33. The molecule has 1 heterocycles. The van der Waals surface area contributed by atoms with Gasteiger partial charge in [-0.25, -0.2) is 9.78 Å². The third kappa shape index (κ3) is 8.75. The van der Waals surface area contributed by atoms with Crippen LogP contribution in [-0.2, 0) is 36.2 Å². The smallest absolute Gasteiger partial charge is 0.404 e. The van der Waals surface area contributed by atoms with E-state index in [4.69, 9.17) is 52.4 Å². The van der Waals surface area contributed by atoms with Crippen LogP contribution in [0.15, 0.2) is 28.1 Å². The minimum atomic E-state index is -3.33. The van der Waals surface area contributed by atoms with E-state index in [1.54, 1.807) is 32.0 Å². The lowest BCUT2D eigenvalue weighted by molar-refractivity contribution is 0.121. The summed E-state index contributed by atoms with van der Waals surface area (Å²) < 4.78 is 35.7. The highest BCUT2D eigenvalue weighted by molar-refractivity contribution is 7.99. The second kappa shape index (κ2) is 13.7. The van der Waals surface area contributed by atoms with Crippen molar-refractivity contribution in [3.8, 4) is 0 Å². The van der Waals surface area contributed by atoms with Crippen LogP contribution in [0.3, 0.4) is 0 Å². The highest BCUT2D eigenvalue weighted by Crippen LogP contribution is 2.47. The molecule has 9 nitrogen and oxygen atoms in total. The average Bonchev–Trinajstić information content (AvgIpc) is 3.07. The standard InChI is InChI=1S/C21H30Cl2N3O6PS/c1-5-31-33(28,32-6-2)13-29-8-7-26-18(12-30-21(24)27)25-19(14(3)4)20(26)34-17-10-15(22)9-16(23)11-17/h9-11,14H,5-8,12-13H2,1-4H3,(H2,24,27). The van der Waals surface area contributed by atoms with Crippen LogP contribution < -0.4 is 5.73 Å². The largest absolute Gasteiger partial charge is 0.442 e. The molecule has 0 saturated carbocycles. The van der Waals surface area contributed by atoms with Crippen molar-refractivity contribution in [1.82, 2.24) is 9.55 Å². The van der Waals surface area contributed by atoms with Crippen LogP contribution in [0.4, 0.5) is 4.79 Å². The third-order valence-corrected chi connectivity index (χ3v) is 7.66. The van der Waals surface area contributed by atoms with Gasteiger partial charge in [0.1, 0.15) is 17.2 Å². The fraction of sp³-hybridized carbons (Fsp3) is 0.524. The van der Waals surface area contributed by atoms with Gasteiger partial charge in [0.15, 0.2) is 6.61 Å². The maximum atomic E-state index is 12.6. The molecule has 0 unspecified atom stereocenters.